The van der Waals surface area contributed by atoms with Crippen molar-refractivity contribution in [2.24, 2.45) is 10.7 Å². The molecule has 35 heavy (non-hydrogen) atoms. The Morgan fingerprint density at radius 3 is 2.37 bits per heavy atom. The van der Waals surface area contributed by atoms with Crippen molar-refractivity contribution in [3.8, 4) is 28.5 Å². The zero-order chi connectivity index (χ0) is 25.4. The van der Waals surface area contributed by atoms with Crippen LogP contribution < -0.4 is 10.5 Å². The number of ether oxygens (including phenoxy) is 1. The van der Waals surface area contributed by atoms with Gasteiger partial charge in [0.25, 0.3) is 10.1 Å². The molecule has 9 nitrogen and oxygen atoms in total. The van der Waals surface area contributed by atoms with E-state index in [4.69, 9.17) is 19.4 Å². The summed E-state index contributed by atoms with van der Waals surface area (Å²) in [6, 6.07) is 20.9. The average molecular weight is 495 g/mol. The van der Waals surface area contributed by atoms with Crippen LogP contribution in [0, 0.1) is 0 Å². The first-order valence-electron chi connectivity index (χ1n) is 10.6. The standard InChI is InChI=1S/C24H22N4O2.CH4O3S/c1-16(2)29-21-14-18(28-23(25)20-10-6-7-13-26-20)11-12-19(21)22-15-27-24(30-22)17-8-4-3-5-9-17;1-5(2,3)4/h3-16H,1-2H3,(H2,25,28);1H3,(H,2,3,4). The Morgan fingerprint density at radius 2 is 1.74 bits per heavy atom. The van der Waals surface area contributed by atoms with Crippen LogP contribution in [0.15, 0.2) is 88.5 Å². The zero-order valence-corrected chi connectivity index (χ0v) is 20.3. The SMILES string of the molecule is CC(C)Oc1cc(N=C(N)c2ccccn2)ccc1-c1cnc(-c2ccccc2)o1.CS(=O)(=O)O. The maximum absolute atomic E-state index is 9.19. The number of aromatic nitrogens is 2. The summed E-state index contributed by atoms with van der Waals surface area (Å²) in [7, 11) is -3.67. The molecule has 0 aliphatic carbocycles. The van der Waals surface area contributed by atoms with Gasteiger partial charge in [-0.25, -0.2) is 9.98 Å². The van der Waals surface area contributed by atoms with E-state index in [1.807, 2.05) is 80.6 Å². The zero-order valence-electron chi connectivity index (χ0n) is 19.5. The monoisotopic (exact) mass is 494 g/mol. The van der Waals surface area contributed by atoms with Crippen molar-refractivity contribution >= 4 is 21.6 Å². The Morgan fingerprint density at radius 1 is 1.06 bits per heavy atom. The van der Waals surface area contributed by atoms with E-state index < -0.39 is 10.1 Å². The summed E-state index contributed by atoms with van der Waals surface area (Å²) in [4.78, 5) is 13.1. The van der Waals surface area contributed by atoms with Gasteiger partial charge >= 0.3 is 0 Å². The molecular formula is C25H26N4O5S. The summed E-state index contributed by atoms with van der Waals surface area (Å²) < 4.78 is 37.9. The minimum atomic E-state index is -3.67. The van der Waals surface area contributed by atoms with E-state index in [0.29, 0.717) is 40.9 Å². The number of hydrogen-bond acceptors (Lipinski definition) is 7. The first kappa shape index (κ1) is 25.6. The highest BCUT2D eigenvalue weighted by Gasteiger charge is 2.15. The molecule has 0 aliphatic heterocycles. The second-order valence-electron chi connectivity index (χ2n) is 7.69. The highest BCUT2D eigenvalue weighted by Crippen LogP contribution is 2.36. The number of nitrogens with zero attached hydrogens (tertiary/aromatic N) is 3. The van der Waals surface area contributed by atoms with E-state index in [1.165, 1.54) is 0 Å². The lowest BCUT2D eigenvalue weighted by Gasteiger charge is -2.13. The molecule has 0 saturated heterocycles. The number of rotatable bonds is 6. The fourth-order valence-electron chi connectivity index (χ4n) is 2.96. The van der Waals surface area contributed by atoms with Crippen LogP contribution in [-0.4, -0.2) is 41.1 Å². The van der Waals surface area contributed by atoms with Crippen LogP contribution >= 0.6 is 0 Å². The van der Waals surface area contributed by atoms with Gasteiger partial charge in [0, 0.05) is 17.8 Å². The molecule has 0 saturated carbocycles. The Kier molecular flexibility index (Phi) is 8.34. The van der Waals surface area contributed by atoms with E-state index in [1.54, 1.807) is 12.4 Å². The van der Waals surface area contributed by atoms with E-state index >= 15 is 0 Å². The van der Waals surface area contributed by atoms with Gasteiger partial charge in [0.2, 0.25) is 5.89 Å². The molecule has 0 fully saturated rings. The molecule has 0 amide bonds. The molecule has 0 atom stereocenters. The van der Waals surface area contributed by atoms with Gasteiger partial charge < -0.3 is 14.9 Å². The van der Waals surface area contributed by atoms with Gasteiger partial charge in [0.05, 0.1) is 29.8 Å². The number of oxazole rings is 1. The Hall–Kier alpha value is -4.02. The summed E-state index contributed by atoms with van der Waals surface area (Å²) >= 11 is 0. The quantitative estimate of drug-likeness (QED) is 0.223. The fourth-order valence-corrected chi connectivity index (χ4v) is 2.96. The lowest BCUT2D eigenvalue weighted by atomic mass is 10.1. The molecule has 4 aromatic rings. The van der Waals surface area contributed by atoms with Crippen LogP contribution in [0.2, 0.25) is 0 Å². The highest BCUT2D eigenvalue weighted by molar-refractivity contribution is 7.85. The van der Waals surface area contributed by atoms with Crippen molar-refractivity contribution in [2.45, 2.75) is 20.0 Å². The number of pyridine rings is 1. The predicted octanol–water partition coefficient (Wildman–Crippen LogP) is 4.73. The van der Waals surface area contributed by atoms with Crippen molar-refractivity contribution in [1.29, 1.82) is 0 Å². The van der Waals surface area contributed by atoms with Crippen LogP contribution in [0.5, 0.6) is 5.75 Å². The predicted molar refractivity (Wildman–Crippen MR) is 135 cm³/mol. The second-order valence-corrected chi connectivity index (χ2v) is 9.15. The van der Waals surface area contributed by atoms with E-state index in [0.717, 1.165) is 11.1 Å². The average Bonchev–Trinajstić information content (AvgIpc) is 3.29. The Labute approximate surface area is 204 Å². The summed E-state index contributed by atoms with van der Waals surface area (Å²) in [5, 5.41) is 0. The molecule has 0 bridgehead atoms. The second kappa shape index (κ2) is 11.4. The van der Waals surface area contributed by atoms with Crippen LogP contribution in [0.1, 0.15) is 19.5 Å². The van der Waals surface area contributed by atoms with Crippen molar-refractivity contribution in [3.63, 3.8) is 0 Å². The molecule has 0 radical (unpaired) electrons. The van der Waals surface area contributed by atoms with Gasteiger partial charge in [-0.05, 0) is 50.2 Å². The Bertz CT molecular complexity index is 1380. The summed E-state index contributed by atoms with van der Waals surface area (Å²) in [5.74, 6) is 2.17. The molecule has 0 aliphatic rings. The fraction of sp³-hybridized carbons (Fsp3) is 0.160. The van der Waals surface area contributed by atoms with Gasteiger partial charge in [-0.15, -0.1) is 0 Å². The maximum Gasteiger partial charge on any atom is 0.261 e. The van der Waals surface area contributed by atoms with Gasteiger partial charge in [0.1, 0.15) is 17.3 Å². The third-order valence-corrected chi connectivity index (χ3v) is 4.30. The lowest BCUT2D eigenvalue weighted by Crippen LogP contribution is -2.14. The minimum absolute atomic E-state index is 0.0207. The Balaban J connectivity index is 0.000000623. The van der Waals surface area contributed by atoms with Crippen molar-refractivity contribution < 1.29 is 22.1 Å². The smallest absolute Gasteiger partial charge is 0.261 e. The van der Waals surface area contributed by atoms with Gasteiger partial charge in [-0.2, -0.15) is 8.42 Å². The highest BCUT2D eigenvalue weighted by atomic mass is 32.2. The summed E-state index contributed by atoms with van der Waals surface area (Å²) in [5.41, 5.74) is 9.12. The number of amidine groups is 1. The molecular weight excluding hydrogens is 468 g/mol. The van der Waals surface area contributed by atoms with Crippen molar-refractivity contribution in [1.82, 2.24) is 9.97 Å². The molecule has 10 heteroatoms. The van der Waals surface area contributed by atoms with Crippen LogP contribution in [0.25, 0.3) is 22.8 Å². The number of hydrogen-bond donors (Lipinski definition) is 2. The summed E-state index contributed by atoms with van der Waals surface area (Å²) in [6.45, 7) is 3.94. The number of nitrogens with two attached hydrogens (primary N) is 1. The van der Waals surface area contributed by atoms with E-state index in [2.05, 4.69) is 15.0 Å². The largest absolute Gasteiger partial charge is 0.490 e. The van der Waals surface area contributed by atoms with Crippen LogP contribution in [0.4, 0.5) is 5.69 Å². The van der Waals surface area contributed by atoms with Gasteiger partial charge in [0.15, 0.2) is 5.76 Å². The van der Waals surface area contributed by atoms with Crippen LogP contribution in [0.3, 0.4) is 0 Å². The normalized spacial score (nSPS) is 11.6. The molecule has 4 rings (SSSR count). The third-order valence-electron chi connectivity index (χ3n) is 4.30. The number of benzene rings is 2. The third kappa shape index (κ3) is 8.05. The molecule has 2 heterocycles. The van der Waals surface area contributed by atoms with Crippen molar-refractivity contribution in [3.05, 3.63) is 84.8 Å². The van der Waals surface area contributed by atoms with Gasteiger partial charge in [-0.3, -0.25) is 9.54 Å². The molecule has 3 N–H and O–H groups in total. The number of aliphatic imine (C=N–C) groups is 1. The first-order valence-corrected chi connectivity index (χ1v) is 12.5. The topological polar surface area (TPSA) is 141 Å². The molecule has 2 aromatic carbocycles. The minimum Gasteiger partial charge on any atom is -0.490 e. The van der Waals surface area contributed by atoms with Crippen molar-refractivity contribution in [2.75, 3.05) is 6.26 Å². The molecule has 0 spiro atoms. The first-order chi connectivity index (χ1) is 16.6. The lowest BCUT2D eigenvalue weighted by molar-refractivity contribution is 0.243. The molecule has 0 unspecified atom stereocenters. The van der Waals surface area contributed by atoms with Gasteiger partial charge in [-0.1, -0.05) is 24.3 Å². The molecule has 182 valence electrons. The molecule has 2 aromatic heterocycles. The van der Waals surface area contributed by atoms with Crippen LogP contribution in [-0.2, 0) is 10.1 Å². The maximum atomic E-state index is 9.19. The summed E-state index contributed by atoms with van der Waals surface area (Å²) in [6.07, 6.45) is 4.08. The van der Waals surface area contributed by atoms with E-state index in [-0.39, 0.29) is 6.10 Å². The van der Waals surface area contributed by atoms with E-state index in [9.17, 15) is 8.42 Å².